The lowest BCUT2D eigenvalue weighted by molar-refractivity contribution is -0.126. The van der Waals surface area contributed by atoms with Crippen molar-refractivity contribution in [1.82, 2.24) is 4.90 Å². The summed E-state index contributed by atoms with van der Waals surface area (Å²) in [4.78, 5) is 2.26. The van der Waals surface area contributed by atoms with Gasteiger partial charge < -0.3 is 15.4 Å². The summed E-state index contributed by atoms with van der Waals surface area (Å²) < 4.78 is 106. The Bertz CT molecular complexity index is 1830. The maximum atomic E-state index is 13.7. The van der Waals surface area contributed by atoms with Crippen molar-refractivity contribution in [3.63, 3.8) is 0 Å². The van der Waals surface area contributed by atoms with Crippen molar-refractivity contribution in [3.8, 4) is 17.6 Å². The van der Waals surface area contributed by atoms with Crippen LogP contribution in [0.15, 0.2) is 41.3 Å². The number of nitrogens with zero attached hydrogens (tertiary/aromatic N) is 1. The number of nitrogens with one attached hydrogen (secondary N) is 2. The van der Waals surface area contributed by atoms with E-state index in [0.29, 0.717) is 29.2 Å². The van der Waals surface area contributed by atoms with Gasteiger partial charge in [-0.15, -0.1) is 11.3 Å². The molecule has 4 N–H and O–H groups in total. The van der Waals surface area contributed by atoms with E-state index in [1.807, 2.05) is 6.07 Å². The molecule has 1 saturated carbocycles. The van der Waals surface area contributed by atoms with Crippen molar-refractivity contribution in [2.24, 2.45) is 5.14 Å². The Labute approximate surface area is 269 Å². The molecule has 0 bridgehead atoms. The van der Waals surface area contributed by atoms with Crippen LogP contribution in [0.2, 0.25) is 0 Å². The number of fused-ring (bicyclic) bond motifs is 1. The zero-order valence-electron chi connectivity index (χ0n) is 24.7. The van der Waals surface area contributed by atoms with Crippen LogP contribution in [0.4, 0.5) is 28.9 Å². The maximum Gasteiger partial charge on any atom is 0.393 e. The number of anilines is 2. The van der Waals surface area contributed by atoms with E-state index in [1.54, 1.807) is 12.1 Å². The van der Waals surface area contributed by atoms with Gasteiger partial charge in [-0.3, -0.25) is 4.90 Å². The lowest BCUT2D eigenvalue weighted by atomic mass is 9.90. The lowest BCUT2D eigenvalue weighted by Crippen LogP contribution is -2.48. The molecule has 1 aliphatic carbocycles. The fourth-order valence-electron chi connectivity index (χ4n) is 5.93. The molecule has 0 unspecified atom stereocenters. The van der Waals surface area contributed by atoms with Crippen LogP contribution in [0, 0.1) is 11.8 Å². The number of benzene rings is 2. The van der Waals surface area contributed by atoms with Gasteiger partial charge in [0.2, 0.25) is 16.9 Å². The number of hydrogen-bond donors (Lipinski definition) is 3. The SMILES string of the molecule is NS(=O)(=O)c1ccc(NCC#Cc2sc3c(NC4CCC(N5CCS(=O)(=O)CC5)CC4)cccc3c2CC(F)(F)F)c(OCF)c1. The number of sulfone groups is 1. The van der Waals surface area contributed by atoms with Crippen LogP contribution in [0.5, 0.6) is 5.75 Å². The maximum absolute atomic E-state index is 13.7. The summed E-state index contributed by atoms with van der Waals surface area (Å²) in [5.41, 5.74) is 1.07. The van der Waals surface area contributed by atoms with Gasteiger partial charge in [-0.25, -0.2) is 26.4 Å². The van der Waals surface area contributed by atoms with Crippen molar-refractivity contribution in [2.45, 2.75) is 55.3 Å². The molecule has 2 aromatic carbocycles. The van der Waals surface area contributed by atoms with Gasteiger partial charge >= 0.3 is 6.18 Å². The zero-order chi connectivity index (χ0) is 33.1. The fourth-order valence-corrected chi connectivity index (χ4v) is 8.86. The normalized spacial score (nSPS) is 20.5. The van der Waals surface area contributed by atoms with Crippen molar-refractivity contribution in [3.05, 3.63) is 46.8 Å². The Balaban J connectivity index is 1.31. The highest BCUT2D eigenvalue weighted by Gasteiger charge is 2.32. The molecule has 2 aliphatic rings. The largest absolute Gasteiger partial charge is 0.461 e. The van der Waals surface area contributed by atoms with E-state index in [4.69, 9.17) is 9.88 Å². The highest BCUT2D eigenvalue weighted by Crippen LogP contribution is 2.40. The molecule has 16 heteroatoms. The Kier molecular flexibility index (Phi) is 10.4. The summed E-state index contributed by atoms with van der Waals surface area (Å²) in [5, 5.41) is 12.0. The molecule has 3 aromatic rings. The highest BCUT2D eigenvalue weighted by atomic mass is 32.2. The minimum atomic E-state index is -4.46. The van der Waals surface area contributed by atoms with Crippen molar-refractivity contribution in [1.29, 1.82) is 0 Å². The second-order valence-corrected chi connectivity index (χ2v) is 16.2. The van der Waals surface area contributed by atoms with Crippen LogP contribution in [0.3, 0.4) is 0 Å². The van der Waals surface area contributed by atoms with E-state index < -0.39 is 39.3 Å². The third-order valence-corrected chi connectivity index (χ3v) is 11.9. The first-order chi connectivity index (χ1) is 21.7. The second-order valence-electron chi connectivity index (χ2n) is 11.3. The number of sulfonamides is 1. The number of ether oxygens (including phenoxy) is 1. The van der Waals surface area contributed by atoms with Gasteiger partial charge in [-0.2, -0.15) is 13.2 Å². The monoisotopic (exact) mass is 702 g/mol. The van der Waals surface area contributed by atoms with Gasteiger partial charge in [-0.05, 0) is 54.8 Å². The van der Waals surface area contributed by atoms with Gasteiger partial charge in [0.15, 0.2) is 9.84 Å². The molecule has 2 fully saturated rings. The van der Waals surface area contributed by atoms with Gasteiger partial charge in [-0.1, -0.05) is 24.0 Å². The van der Waals surface area contributed by atoms with Gasteiger partial charge in [0.25, 0.3) is 0 Å². The average molecular weight is 703 g/mol. The molecular formula is C30H34F4N4O5S3. The summed E-state index contributed by atoms with van der Waals surface area (Å²) in [6.45, 7) is -0.162. The first kappa shape index (κ1) is 34.2. The van der Waals surface area contributed by atoms with Crippen molar-refractivity contribution in [2.75, 3.05) is 48.6 Å². The topological polar surface area (TPSA) is 131 Å². The molecule has 0 amide bonds. The number of nitrogens with two attached hydrogens (primary N) is 1. The summed E-state index contributed by atoms with van der Waals surface area (Å²) in [5.74, 6) is 5.95. The average Bonchev–Trinajstić information content (AvgIpc) is 3.32. The summed E-state index contributed by atoms with van der Waals surface area (Å²) in [6, 6.07) is 9.32. The first-order valence-corrected chi connectivity index (χ1v) is 18.8. The molecule has 1 aromatic heterocycles. The third kappa shape index (κ3) is 8.62. The third-order valence-electron chi connectivity index (χ3n) is 8.21. The lowest BCUT2D eigenvalue weighted by Gasteiger charge is -2.39. The van der Waals surface area contributed by atoms with Crippen LogP contribution in [0.1, 0.15) is 36.1 Å². The quantitative estimate of drug-likeness (QED) is 0.213. The number of thiophene rings is 1. The number of primary sulfonamides is 1. The van der Waals surface area contributed by atoms with E-state index in [0.717, 1.165) is 37.4 Å². The molecule has 0 atom stereocenters. The summed E-state index contributed by atoms with van der Waals surface area (Å²) in [6.07, 6.45) is -2.07. The van der Waals surface area contributed by atoms with E-state index >= 15 is 0 Å². The molecule has 9 nitrogen and oxygen atoms in total. The number of rotatable bonds is 9. The van der Waals surface area contributed by atoms with Crippen LogP contribution in [0.25, 0.3) is 10.1 Å². The molecular weight excluding hydrogens is 669 g/mol. The number of hydrogen-bond acceptors (Lipinski definition) is 9. The molecule has 2 heterocycles. The van der Waals surface area contributed by atoms with Crippen molar-refractivity contribution < 1.29 is 39.1 Å². The Morgan fingerprint density at radius 3 is 2.43 bits per heavy atom. The molecule has 46 heavy (non-hydrogen) atoms. The standard InChI is InChI=1S/C30H34F4N4O5S3/c31-19-43-27-17-22(46(35,41)42)10-11-25(27)36-12-2-5-28-24(18-30(32,33)34)23-3-1-4-26(29(23)44-28)37-20-6-8-21(9-7-20)38-13-15-45(39,40)16-14-38/h1,3-4,10-11,17,20-21,36-37H,6-9,12-16,18-19H2,(H2,35,41,42). The Morgan fingerprint density at radius 2 is 1.78 bits per heavy atom. The van der Waals surface area contributed by atoms with Crippen LogP contribution in [-0.4, -0.2) is 78.0 Å². The van der Waals surface area contributed by atoms with E-state index in [-0.39, 0.29) is 50.9 Å². The molecule has 250 valence electrons. The first-order valence-electron chi connectivity index (χ1n) is 14.6. The minimum Gasteiger partial charge on any atom is -0.461 e. The van der Waals surface area contributed by atoms with Crippen molar-refractivity contribution >= 4 is 52.7 Å². The van der Waals surface area contributed by atoms with E-state index in [2.05, 4.69) is 27.4 Å². The van der Waals surface area contributed by atoms with E-state index in [1.165, 1.54) is 23.5 Å². The predicted molar refractivity (Wildman–Crippen MR) is 171 cm³/mol. The molecule has 0 spiro atoms. The molecule has 1 saturated heterocycles. The number of halogens is 4. The second kappa shape index (κ2) is 13.9. The summed E-state index contributed by atoms with van der Waals surface area (Å²) in [7, 11) is -7.00. The zero-order valence-corrected chi connectivity index (χ0v) is 27.1. The smallest absolute Gasteiger partial charge is 0.393 e. The molecule has 0 radical (unpaired) electrons. The molecule has 5 rings (SSSR count). The van der Waals surface area contributed by atoms with Gasteiger partial charge in [0.1, 0.15) is 5.75 Å². The predicted octanol–water partition coefficient (Wildman–Crippen LogP) is 4.88. The number of alkyl halides is 4. The van der Waals surface area contributed by atoms with Crippen LogP contribution >= 0.6 is 11.3 Å². The minimum absolute atomic E-state index is 0.0473. The fraction of sp³-hybridized carbons (Fsp3) is 0.467. The Hall–Kier alpha value is -3.10. The van der Waals surface area contributed by atoms with Crippen LogP contribution in [-0.2, 0) is 26.3 Å². The van der Waals surface area contributed by atoms with Crippen LogP contribution < -0.4 is 20.5 Å². The Morgan fingerprint density at radius 1 is 1.07 bits per heavy atom. The molecule has 1 aliphatic heterocycles. The van der Waals surface area contributed by atoms with Gasteiger partial charge in [0, 0.05) is 31.2 Å². The van der Waals surface area contributed by atoms with Gasteiger partial charge in [0.05, 0.1) is 50.3 Å². The van der Waals surface area contributed by atoms with E-state index in [9.17, 15) is 34.4 Å². The summed E-state index contributed by atoms with van der Waals surface area (Å²) >= 11 is 1.18. The highest BCUT2D eigenvalue weighted by molar-refractivity contribution is 7.91.